The van der Waals surface area contributed by atoms with E-state index in [9.17, 15) is 14.9 Å². The first-order valence-corrected chi connectivity index (χ1v) is 9.99. The fraction of sp³-hybridized carbons (Fsp3) is 0.391. The molecular weight excluding hydrogens is 364 g/mol. The maximum Gasteiger partial charge on any atom is 0.248 e. The summed E-state index contributed by atoms with van der Waals surface area (Å²) < 4.78 is 0. The molecule has 1 N–H and O–H groups in total. The summed E-state index contributed by atoms with van der Waals surface area (Å²) in [4.78, 5) is 31.7. The second-order valence-electron chi connectivity index (χ2n) is 8.13. The van der Waals surface area contributed by atoms with Crippen molar-refractivity contribution in [2.24, 2.45) is 17.3 Å². The van der Waals surface area contributed by atoms with Gasteiger partial charge in [-0.3, -0.25) is 9.59 Å². The number of aryl methyl sites for hydroxylation is 1. The highest BCUT2D eigenvalue weighted by Gasteiger charge is 2.60. The lowest BCUT2D eigenvalue weighted by Crippen LogP contribution is -2.37. The highest BCUT2D eigenvalue weighted by molar-refractivity contribution is 6.03. The van der Waals surface area contributed by atoms with E-state index in [1.807, 2.05) is 50.2 Å². The SMILES string of the molecule is Cc1cc(N2CC(C)C(C#N)(C3CC3)C2=O)cc(NC(=O)Cc2ccccc2)n1. The van der Waals surface area contributed by atoms with Crippen molar-refractivity contribution in [3.05, 3.63) is 53.7 Å². The molecule has 2 atom stereocenters. The third-order valence-electron chi connectivity index (χ3n) is 5.96. The van der Waals surface area contributed by atoms with Crippen molar-refractivity contribution in [2.75, 3.05) is 16.8 Å². The molecule has 0 radical (unpaired) electrons. The van der Waals surface area contributed by atoms with Crippen molar-refractivity contribution in [3.63, 3.8) is 0 Å². The standard InChI is InChI=1S/C23H24N4O2/c1-15-13-27(22(29)23(15,14-24)18-8-9-18)19-10-16(2)25-20(12-19)26-21(28)11-17-6-4-3-5-7-17/h3-7,10,12,15,18H,8-9,11,13H2,1-2H3,(H,25,26,28). The molecule has 2 unspecified atom stereocenters. The Morgan fingerprint density at radius 2 is 2.03 bits per heavy atom. The van der Waals surface area contributed by atoms with Gasteiger partial charge in [-0.15, -0.1) is 0 Å². The number of rotatable bonds is 5. The average molecular weight is 388 g/mol. The number of nitriles is 1. The van der Waals surface area contributed by atoms with Gasteiger partial charge in [0.25, 0.3) is 0 Å². The molecular formula is C23H24N4O2. The summed E-state index contributed by atoms with van der Waals surface area (Å²) in [6, 6.07) is 15.4. The van der Waals surface area contributed by atoms with Gasteiger partial charge in [0.2, 0.25) is 11.8 Å². The zero-order valence-corrected chi connectivity index (χ0v) is 16.7. The first-order chi connectivity index (χ1) is 13.9. The van der Waals surface area contributed by atoms with E-state index < -0.39 is 5.41 Å². The van der Waals surface area contributed by atoms with E-state index in [1.54, 1.807) is 11.0 Å². The van der Waals surface area contributed by atoms with Gasteiger partial charge in [-0.2, -0.15) is 5.26 Å². The van der Waals surface area contributed by atoms with Crippen LogP contribution in [0.25, 0.3) is 0 Å². The third-order valence-corrected chi connectivity index (χ3v) is 5.96. The van der Waals surface area contributed by atoms with Crippen molar-refractivity contribution in [3.8, 4) is 6.07 Å². The normalized spacial score (nSPS) is 23.7. The lowest BCUT2D eigenvalue weighted by molar-refractivity contribution is -0.124. The van der Waals surface area contributed by atoms with E-state index in [4.69, 9.17) is 0 Å². The highest BCUT2D eigenvalue weighted by atomic mass is 16.2. The van der Waals surface area contributed by atoms with E-state index in [0.717, 1.165) is 18.4 Å². The Morgan fingerprint density at radius 1 is 1.31 bits per heavy atom. The fourth-order valence-corrected chi connectivity index (χ4v) is 4.36. The summed E-state index contributed by atoms with van der Waals surface area (Å²) >= 11 is 0. The highest BCUT2D eigenvalue weighted by Crippen LogP contribution is 2.54. The lowest BCUT2D eigenvalue weighted by Gasteiger charge is -2.23. The second-order valence-corrected chi connectivity index (χ2v) is 8.13. The molecule has 2 aromatic rings. The number of amides is 2. The van der Waals surface area contributed by atoms with E-state index >= 15 is 0 Å². The van der Waals surface area contributed by atoms with Gasteiger partial charge >= 0.3 is 0 Å². The molecule has 1 saturated carbocycles. The smallest absolute Gasteiger partial charge is 0.248 e. The molecule has 0 spiro atoms. The summed E-state index contributed by atoms with van der Waals surface area (Å²) in [5, 5.41) is 12.7. The molecule has 1 saturated heterocycles. The minimum Gasteiger partial charge on any atom is -0.310 e. The lowest BCUT2D eigenvalue weighted by atomic mass is 9.75. The largest absolute Gasteiger partial charge is 0.310 e. The molecule has 2 aliphatic rings. The van der Waals surface area contributed by atoms with Gasteiger partial charge in [-0.25, -0.2) is 4.98 Å². The fourth-order valence-electron chi connectivity index (χ4n) is 4.36. The number of pyridine rings is 1. The van der Waals surface area contributed by atoms with Gasteiger partial charge in [-0.05, 0) is 37.3 Å². The Kier molecular flexibility index (Phi) is 4.83. The molecule has 29 heavy (non-hydrogen) atoms. The molecule has 6 heteroatoms. The molecule has 1 aliphatic carbocycles. The van der Waals surface area contributed by atoms with Crippen LogP contribution in [0.3, 0.4) is 0 Å². The molecule has 2 heterocycles. The molecule has 1 aliphatic heterocycles. The molecule has 2 fully saturated rings. The number of hydrogen-bond donors (Lipinski definition) is 1. The number of nitrogens with zero attached hydrogens (tertiary/aromatic N) is 3. The monoisotopic (exact) mass is 388 g/mol. The van der Waals surface area contributed by atoms with Gasteiger partial charge in [0, 0.05) is 29.9 Å². The van der Waals surface area contributed by atoms with Crippen LogP contribution in [0.4, 0.5) is 11.5 Å². The first kappa shape index (κ1) is 19.1. The van der Waals surface area contributed by atoms with Gasteiger partial charge in [0.1, 0.15) is 11.2 Å². The van der Waals surface area contributed by atoms with Crippen LogP contribution in [-0.4, -0.2) is 23.3 Å². The van der Waals surface area contributed by atoms with E-state index in [2.05, 4.69) is 16.4 Å². The predicted molar refractivity (Wildman–Crippen MR) is 110 cm³/mol. The van der Waals surface area contributed by atoms with Crippen LogP contribution < -0.4 is 10.2 Å². The Labute approximate surface area is 170 Å². The number of aromatic nitrogens is 1. The summed E-state index contributed by atoms with van der Waals surface area (Å²) in [5.74, 6) is 0.264. The number of benzene rings is 1. The molecule has 4 rings (SSSR count). The summed E-state index contributed by atoms with van der Waals surface area (Å²) in [6.45, 7) is 4.32. The molecule has 1 aromatic carbocycles. The average Bonchev–Trinajstić information content (AvgIpc) is 3.49. The zero-order valence-electron chi connectivity index (χ0n) is 16.7. The topological polar surface area (TPSA) is 86.1 Å². The number of carbonyl (C=O) groups is 2. The van der Waals surface area contributed by atoms with E-state index in [0.29, 0.717) is 23.7 Å². The molecule has 0 bridgehead atoms. The van der Waals surface area contributed by atoms with Crippen molar-refractivity contribution in [1.82, 2.24) is 4.98 Å². The third kappa shape index (κ3) is 3.49. The Bertz CT molecular complexity index is 994. The Morgan fingerprint density at radius 3 is 2.69 bits per heavy atom. The predicted octanol–water partition coefficient (Wildman–Crippen LogP) is 3.47. The van der Waals surface area contributed by atoms with Crippen molar-refractivity contribution >= 4 is 23.3 Å². The quantitative estimate of drug-likeness (QED) is 0.850. The maximum absolute atomic E-state index is 13.2. The minimum atomic E-state index is -0.923. The molecule has 1 aromatic heterocycles. The summed E-state index contributed by atoms with van der Waals surface area (Å²) in [6.07, 6.45) is 2.13. The number of hydrogen-bond acceptors (Lipinski definition) is 4. The van der Waals surface area contributed by atoms with Gasteiger partial charge in [-0.1, -0.05) is 37.3 Å². The van der Waals surface area contributed by atoms with Gasteiger partial charge < -0.3 is 10.2 Å². The van der Waals surface area contributed by atoms with E-state index in [1.165, 1.54) is 0 Å². The zero-order chi connectivity index (χ0) is 20.6. The van der Waals surface area contributed by atoms with Crippen LogP contribution in [-0.2, 0) is 16.0 Å². The minimum absolute atomic E-state index is 0.0305. The molecule has 2 amide bonds. The summed E-state index contributed by atoms with van der Waals surface area (Å²) in [5.41, 5.74) is 1.39. The van der Waals surface area contributed by atoms with Gasteiger partial charge in [0.05, 0.1) is 12.5 Å². The first-order valence-electron chi connectivity index (χ1n) is 9.99. The van der Waals surface area contributed by atoms with Crippen LogP contribution in [0, 0.1) is 35.5 Å². The van der Waals surface area contributed by atoms with E-state index in [-0.39, 0.29) is 30.1 Å². The number of carbonyl (C=O) groups excluding carboxylic acids is 2. The van der Waals surface area contributed by atoms with Crippen LogP contribution >= 0.6 is 0 Å². The summed E-state index contributed by atoms with van der Waals surface area (Å²) in [7, 11) is 0. The Balaban J connectivity index is 1.55. The van der Waals surface area contributed by atoms with Gasteiger partial charge in [0.15, 0.2) is 0 Å². The van der Waals surface area contributed by atoms with Crippen molar-refractivity contribution in [1.29, 1.82) is 5.26 Å². The second kappa shape index (κ2) is 7.32. The van der Waals surface area contributed by atoms with Crippen molar-refractivity contribution in [2.45, 2.75) is 33.1 Å². The van der Waals surface area contributed by atoms with Crippen LogP contribution in [0.2, 0.25) is 0 Å². The van der Waals surface area contributed by atoms with Crippen molar-refractivity contribution < 1.29 is 9.59 Å². The Hall–Kier alpha value is -3.20. The molecule has 148 valence electrons. The number of nitrogens with one attached hydrogen (secondary N) is 1. The van der Waals surface area contributed by atoms with Crippen LogP contribution in [0.5, 0.6) is 0 Å². The maximum atomic E-state index is 13.2. The number of anilines is 2. The van der Waals surface area contributed by atoms with Crippen LogP contribution in [0.15, 0.2) is 42.5 Å². The van der Waals surface area contributed by atoms with Crippen LogP contribution in [0.1, 0.15) is 31.0 Å². The molecule has 6 nitrogen and oxygen atoms in total.